The minimum atomic E-state index is 0.971. The zero-order valence-corrected chi connectivity index (χ0v) is 10.8. The predicted octanol–water partition coefficient (Wildman–Crippen LogP) is 4.70. The molecule has 0 saturated heterocycles. The van der Waals surface area contributed by atoms with Crippen LogP contribution in [0.5, 0.6) is 0 Å². The molecule has 1 rings (SSSR count). The Hall–Kier alpha value is 0.400. The third kappa shape index (κ3) is 3.04. The van der Waals surface area contributed by atoms with Crippen molar-refractivity contribution < 1.29 is 0 Å². The van der Waals surface area contributed by atoms with Crippen molar-refractivity contribution in [1.29, 1.82) is 0 Å². The minimum Gasteiger partial charge on any atom is -0.143 e. The smallest absolute Gasteiger partial charge is 0.0288 e. The zero-order valence-electron chi connectivity index (χ0n) is 6.81. The maximum atomic E-state index is 3.46. The van der Waals surface area contributed by atoms with Gasteiger partial charge in [0.05, 0.1) is 0 Å². The van der Waals surface area contributed by atoms with Crippen LogP contribution in [0.25, 0.3) is 6.08 Å². The Morgan fingerprint density at radius 3 is 2.83 bits per heavy atom. The van der Waals surface area contributed by atoms with Gasteiger partial charge in [0.25, 0.3) is 0 Å². The average molecular weight is 310 g/mol. The van der Waals surface area contributed by atoms with E-state index in [2.05, 4.69) is 56.3 Å². The molecule has 0 radical (unpaired) electrons. The summed E-state index contributed by atoms with van der Waals surface area (Å²) in [6, 6.07) is 2.14. The predicted molar refractivity (Wildman–Crippen MR) is 64.1 cm³/mol. The first-order valence-electron chi connectivity index (χ1n) is 3.75. The van der Waals surface area contributed by atoms with Crippen LogP contribution in [0.3, 0.4) is 0 Å². The molecule has 0 bridgehead atoms. The standard InChI is InChI=1S/C9H10Br2S/c1-2-7(5-10)3-9-4-8(11)6-12-9/h3-4,6H,2,5H2,1H3. The molecule has 0 nitrogen and oxygen atoms in total. The molecule has 1 aromatic rings. The second-order valence-corrected chi connectivity index (χ2v) is 4.88. The Morgan fingerprint density at radius 2 is 2.42 bits per heavy atom. The molecule has 0 spiro atoms. The first-order valence-corrected chi connectivity index (χ1v) is 6.55. The minimum absolute atomic E-state index is 0.971. The van der Waals surface area contributed by atoms with Gasteiger partial charge in [0.2, 0.25) is 0 Å². The topological polar surface area (TPSA) is 0 Å². The van der Waals surface area contributed by atoms with Crippen molar-refractivity contribution in [3.8, 4) is 0 Å². The normalized spacial score (nSPS) is 12.1. The van der Waals surface area contributed by atoms with Gasteiger partial charge in [0, 0.05) is 20.1 Å². The zero-order chi connectivity index (χ0) is 8.97. The van der Waals surface area contributed by atoms with Crippen LogP contribution in [0.4, 0.5) is 0 Å². The fourth-order valence-electron chi connectivity index (χ4n) is 0.840. The summed E-state index contributed by atoms with van der Waals surface area (Å²) in [6.07, 6.45) is 3.35. The van der Waals surface area contributed by atoms with Crippen LogP contribution in [0, 0.1) is 0 Å². The van der Waals surface area contributed by atoms with E-state index in [1.165, 1.54) is 14.9 Å². The summed E-state index contributed by atoms with van der Waals surface area (Å²) in [7, 11) is 0. The molecular formula is C9H10Br2S. The van der Waals surface area contributed by atoms with Crippen LogP contribution in [-0.4, -0.2) is 5.33 Å². The van der Waals surface area contributed by atoms with E-state index in [9.17, 15) is 0 Å². The van der Waals surface area contributed by atoms with E-state index in [1.54, 1.807) is 11.3 Å². The van der Waals surface area contributed by atoms with Gasteiger partial charge in [-0.3, -0.25) is 0 Å². The van der Waals surface area contributed by atoms with Crippen LogP contribution in [-0.2, 0) is 0 Å². The van der Waals surface area contributed by atoms with Gasteiger partial charge in [-0.2, -0.15) is 0 Å². The number of hydrogen-bond acceptors (Lipinski definition) is 1. The number of thiophene rings is 1. The van der Waals surface area contributed by atoms with Crippen molar-refractivity contribution in [3.05, 3.63) is 26.4 Å². The summed E-state index contributed by atoms with van der Waals surface area (Å²) in [5.74, 6) is 0. The van der Waals surface area contributed by atoms with Crippen molar-refractivity contribution >= 4 is 49.3 Å². The Balaban J connectivity index is 2.78. The third-order valence-corrected chi connectivity index (χ3v) is 3.92. The van der Waals surface area contributed by atoms with E-state index in [0.29, 0.717) is 0 Å². The molecule has 0 aliphatic rings. The van der Waals surface area contributed by atoms with E-state index in [0.717, 1.165) is 11.8 Å². The number of hydrogen-bond donors (Lipinski definition) is 0. The van der Waals surface area contributed by atoms with Crippen molar-refractivity contribution in [2.45, 2.75) is 13.3 Å². The quantitative estimate of drug-likeness (QED) is 0.710. The Morgan fingerprint density at radius 1 is 1.67 bits per heavy atom. The van der Waals surface area contributed by atoms with Crippen molar-refractivity contribution in [2.24, 2.45) is 0 Å². The highest BCUT2D eigenvalue weighted by molar-refractivity contribution is 9.10. The van der Waals surface area contributed by atoms with Crippen LogP contribution < -0.4 is 0 Å². The maximum absolute atomic E-state index is 3.46. The second kappa shape index (κ2) is 5.20. The molecule has 0 unspecified atom stereocenters. The maximum Gasteiger partial charge on any atom is 0.0288 e. The lowest BCUT2D eigenvalue weighted by molar-refractivity contribution is 1.13. The summed E-state index contributed by atoms with van der Waals surface area (Å²) >= 11 is 8.66. The fourth-order valence-corrected chi connectivity index (χ4v) is 2.82. The lowest BCUT2D eigenvalue weighted by Crippen LogP contribution is -1.79. The molecule has 1 heterocycles. The van der Waals surface area contributed by atoms with Crippen LogP contribution >= 0.6 is 43.2 Å². The molecule has 0 saturated carbocycles. The average Bonchev–Trinajstić information content (AvgIpc) is 2.47. The van der Waals surface area contributed by atoms with Gasteiger partial charge in [-0.05, 0) is 34.5 Å². The fraction of sp³-hybridized carbons (Fsp3) is 0.333. The summed E-state index contributed by atoms with van der Waals surface area (Å²) < 4.78 is 1.17. The van der Waals surface area contributed by atoms with Crippen LogP contribution in [0.15, 0.2) is 21.5 Å². The van der Waals surface area contributed by atoms with Gasteiger partial charge in [-0.25, -0.2) is 0 Å². The highest BCUT2D eigenvalue weighted by Gasteiger charge is 1.96. The number of alkyl halides is 1. The molecule has 12 heavy (non-hydrogen) atoms. The van der Waals surface area contributed by atoms with Crippen molar-refractivity contribution in [2.75, 3.05) is 5.33 Å². The highest BCUT2D eigenvalue weighted by atomic mass is 79.9. The Kier molecular flexibility index (Phi) is 4.54. The molecule has 0 amide bonds. The SMILES string of the molecule is CCC(=Cc1cc(Br)cs1)CBr. The summed E-state index contributed by atoms with van der Waals surface area (Å²) in [6.45, 7) is 2.18. The first-order chi connectivity index (χ1) is 5.76. The van der Waals surface area contributed by atoms with Gasteiger partial charge in [-0.1, -0.05) is 28.4 Å². The first kappa shape index (κ1) is 10.5. The lowest BCUT2D eigenvalue weighted by atomic mass is 10.2. The molecule has 0 aliphatic carbocycles. The largest absolute Gasteiger partial charge is 0.143 e. The van der Waals surface area contributed by atoms with Gasteiger partial charge in [0.1, 0.15) is 0 Å². The van der Waals surface area contributed by atoms with E-state index in [1.807, 2.05) is 0 Å². The highest BCUT2D eigenvalue weighted by Crippen LogP contribution is 2.23. The van der Waals surface area contributed by atoms with Gasteiger partial charge in [0.15, 0.2) is 0 Å². The number of halogens is 2. The molecule has 0 aliphatic heterocycles. The van der Waals surface area contributed by atoms with Crippen molar-refractivity contribution in [3.63, 3.8) is 0 Å². The van der Waals surface area contributed by atoms with Gasteiger partial charge >= 0.3 is 0 Å². The number of rotatable bonds is 3. The Labute approximate surface area is 93.9 Å². The number of allylic oxidation sites excluding steroid dienone is 1. The molecule has 0 N–H and O–H groups in total. The lowest BCUT2D eigenvalue weighted by Gasteiger charge is -1.95. The van der Waals surface area contributed by atoms with E-state index in [-0.39, 0.29) is 0 Å². The van der Waals surface area contributed by atoms with Gasteiger partial charge < -0.3 is 0 Å². The molecule has 0 aromatic carbocycles. The van der Waals surface area contributed by atoms with Crippen LogP contribution in [0.2, 0.25) is 0 Å². The molecular weight excluding hydrogens is 300 g/mol. The second-order valence-electron chi connectivity index (χ2n) is 2.46. The van der Waals surface area contributed by atoms with Crippen LogP contribution in [0.1, 0.15) is 18.2 Å². The van der Waals surface area contributed by atoms with Gasteiger partial charge in [-0.15, -0.1) is 11.3 Å². The van der Waals surface area contributed by atoms with E-state index >= 15 is 0 Å². The molecule has 0 fully saturated rings. The summed E-state index contributed by atoms with van der Waals surface area (Å²) in [5.41, 5.74) is 1.43. The summed E-state index contributed by atoms with van der Waals surface area (Å²) in [4.78, 5) is 1.32. The van der Waals surface area contributed by atoms with E-state index < -0.39 is 0 Å². The molecule has 3 heteroatoms. The molecule has 0 atom stereocenters. The monoisotopic (exact) mass is 308 g/mol. The molecule has 66 valence electrons. The van der Waals surface area contributed by atoms with Crippen molar-refractivity contribution in [1.82, 2.24) is 0 Å². The third-order valence-electron chi connectivity index (χ3n) is 1.56. The summed E-state index contributed by atoms with van der Waals surface area (Å²) in [5, 5.41) is 3.08. The van der Waals surface area contributed by atoms with E-state index in [4.69, 9.17) is 0 Å². The Bertz CT molecular complexity index is 270. The molecule has 1 aromatic heterocycles.